The van der Waals surface area contributed by atoms with Crippen molar-refractivity contribution in [3.05, 3.63) is 39.6 Å². The van der Waals surface area contributed by atoms with Gasteiger partial charge in [-0.25, -0.2) is 9.79 Å². The first kappa shape index (κ1) is 14.7. The molecule has 0 saturated carbocycles. The van der Waals surface area contributed by atoms with E-state index in [0.29, 0.717) is 11.5 Å². The van der Waals surface area contributed by atoms with Crippen LogP contribution in [0, 0.1) is 15.5 Å². The highest BCUT2D eigenvalue weighted by atomic mass is 16.6. The summed E-state index contributed by atoms with van der Waals surface area (Å²) in [7, 11) is 0. The van der Waals surface area contributed by atoms with Gasteiger partial charge in [0.1, 0.15) is 0 Å². The predicted octanol–water partition coefficient (Wildman–Crippen LogP) is 2.64. The van der Waals surface area contributed by atoms with Gasteiger partial charge in [0.15, 0.2) is 11.4 Å². The van der Waals surface area contributed by atoms with Gasteiger partial charge in [-0.15, -0.1) is 0 Å². The zero-order valence-corrected chi connectivity index (χ0v) is 11.8. The van der Waals surface area contributed by atoms with Gasteiger partial charge in [0.2, 0.25) is 5.90 Å². The number of hydrogen-bond acceptors (Lipinski definition) is 6. The molecule has 2 rings (SSSR count). The minimum absolute atomic E-state index is 0.0909. The number of carbonyl (C=O) groups excluding carboxylic acids is 1. The van der Waals surface area contributed by atoms with Crippen LogP contribution >= 0.6 is 0 Å². The molecule has 21 heavy (non-hydrogen) atoms. The molecule has 0 radical (unpaired) electrons. The second kappa shape index (κ2) is 5.01. The van der Waals surface area contributed by atoms with Crippen LogP contribution in [0.1, 0.15) is 26.3 Å². The van der Waals surface area contributed by atoms with Crippen molar-refractivity contribution in [2.45, 2.75) is 20.8 Å². The molecule has 0 aliphatic carbocycles. The Bertz CT molecular complexity index is 683. The molecule has 1 aromatic carbocycles. The van der Waals surface area contributed by atoms with Crippen molar-refractivity contribution in [2.75, 3.05) is 0 Å². The summed E-state index contributed by atoms with van der Waals surface area (Å²) in [6.07, 6.45) is 1.41. The Kier molecular flexibility index (Phi) is 3.51. The van der Waals surface area contributed by atoms with Crippen LogP contribution in [0.3, 0.4) is 0 Å². The van der Waals surface area contributed by atoms with Gasteiger partial charge in [-0.2, -0.15) is 0 Å². The molecule has 0 fully saturated rings. The molecule has 0 atom stereocenters. The molecule has 1 aliphatic rings. The number of carbonyl (C=O) groups is 1. The molecule has 0 amide bonds. The first-order chi connectivity index (χ1) is 9.68. The quantitative estimate of drug-likeness (QED) is 0.390. The van der Waals surface area contributed by atoms with Crippen molar-refractivity contribution in [3.8, 4) is 5.75 Å². The number of nitro benzene ring substituents is 1. The molecule has 0 saturated heterocycles. The van der Waals surface area contributed by atoms with Gasteiger partial charge in [0.25, 0.3) is 0 Å². The predicted molar refractivity (Wildman–Crippen MR) is 75.7 cm³/mol. The van der Waals surface area contributed by atoms with E-state index in [4.69, 9.17) is 4.74 Å². The lowest BCUT2D eigenvalue weighted by atomic mass is 9.97. The van der Waals surface area contributed by atoms with Crippen molar-refractivity contribution in [1.82, 2.24) is 0 Å². The Labute approximate surface area is 120 Å². The van der Waals surface area contributed by atoms with Crippen molar-refractivity contribution in [2.24, 2.45) is 10.4 Å². The van der Waals surface area contributed by atoms with Crippen LogP contribution in [0.4, 0.5) is 5.69 Å². The second-order valence-corrected chi connectivity index (χ2v) is 5.59. The molecule has 7 nitrogen and oxygen atoms in total. The summed E-state index contributed by atoms with van der Waals surface area (Å²) in [4.78, 5) is 25.8. The fourth-order valence-electron chi connectivity index (χ4n) is 1.67. The van der Waals surface area contributed by atoms with Crippen LogP contribution in [-0.2, 0) is 9.53 Å². The fraction of sp³-hybridized carbons (Fsp3) is 0.286. The van der Waals surface area contributed by atoms with Gasteiger partial charge in [-0.1, -0.05) is 20.8 Å². The van der Waals surface area contributed by atoms with Crippen LogP contribution in [0.5, 0.6) is 5.75 Å². The van der Waals surface area contributed by atoms with Crippen molar-refractivity contribution in [3.63, 3.8) is 0 Å². The maximum Gasteiger partial charge on any atom is 0.363 e. The number of aliphatic imine (C=N–C) groups is 1. The van der Waals surface area contributed by atoms with Gasteiger partial charge in [0, 0.05) is 11.5 Å². The number of aromatic hydroxyl groups is 1. The number of phenols is 1. The van der Waals surface area contributed by atoms with Crippen molar-refractivity contribution < 1.29 is 19.6 Å². The number of benzene rings is 1. The lowest BCUT2D eigenvalue weighted by Gasteiger charge is -2.15. The Morgan fingerprint density at radius 1 is 1.38 bits per heavy atom. The van der Waals surface area contributed by atoms with Crippen LogP contribution in [0.15, 0.2) is 28.9 Å². The van der Waals surface area contributed by atoms with Crippen LogP contribution in [0.25, 0.3) is 6.08 Å². The summed E-state index contributed by atoms with van der Waals surface area (Å²) in [5, 5.41) is 20.2. The summed E-state index contributed by atoms with van der Waals surface area (Å²) >= 11 is 0. The maximum absolute atomic E-state index is 11.7. The Hall–Kier alpha value is -2.70. The molecule has 1 aromatic rings. The van der Waals surface area contributed by atoms with E-state index in [1.807, 2.05) is 20.8 Å². The average Bonchev–Trinajstić information content (AvgIpc) is 2.70. The number of phenolic OH excluding ortho intramolecular Hbond substituents is 1. The van der Waals surface area contributed by atoms with E-state index in [1.54, 1.807) is 0 Å². The molecule has 0 unspecified atom stereocenters. The smallest absolute Gasteiger partial charge is 0.363 e. The number of rotatable bonds is 2. The summed E-state index contributed by atoms with van der Waals surface area (Å²) < 4.78 is 5.07. The molecule has 0 spiro atoms. The molecule has 1 N–H and O–H groups in total. The molecule has 110 valence electrons. The number of cyclic esters (lactones) is 1. The Morgan fingerprint density at radius 2 is 2.05 bits per heavy atom. The van der Waals surface area contributed by atoms with Crippen molar-refractivity contribution >= 4 is 23.6 Å². The molecule has 0 bridgehead atoms. The van der Waals surface area contributed by atoms with Crippen LogP contribution < -0.4 is 0 Å². The largest absolute Gasteiger partial charge is 0.502 e. The molecule has 7 heteroatoms. The summed E-state index contributed by atoms with van der Waals surface area (Å²) in [5.74, 6) is -0.747. The molecular formula is C14H14N2O5. The number of ether oxygens (including phenoxy) is 1. The van der Waals surface area contributed by atoms with Gasteiger partial charge < -0.3 is 9.84 Å². The standard InChI is InChI=1S/C14H14N2O5/c1-14(2,3)13-15-9(12(18)21-13)6-8-4-5-10(16(19)20)11(17)7-8/h4-7,17H,1-3H3/b9-6+. The van der Waals surface area contributed by atoms with Gasteiger partial charge >= 0.3 is 11.7 Å². The minimum atomic E-state index is -0.689. The van der Waals surface area contributed by atoms with Gasteiger partial charge in [0.05, 0.1) is 4.92 Å². The summed E-state index contributed by atoms with van der Waals surface area (Å²) in [6, 6.07) is 3.78. The Morgan fingerprint density at radius 3 is 2.52 bits per heavy atom. The SMILES string of the molecule is CC(C)(C)C1=N/C(=C/c2ccc([N+](=O)[O-])c(O)c2)C(=O)O1. The highest BCUT2D eigenvalue weighted by molar-refractivity contribution is 6.08. The van der Waals surface area contributed by atoms with Crippen LogP contribution in [-0.4, -0.2) is 21.9 Å². The number of hydrogen-bond donors (Lipinski definition) is 1. The minimum Gasteiger partial charge on any atom is -0.502 e. The topological polar surface area (TPSA) is 102 Å². The second-order valence-electron chi connectivity index (χ2n) is 5.59. The van der Waals surface area contributed by atoms with E-state index < -0.39 is 27.7 Å². The molecule has 0 aromatic heterocycles. The zero-order chi connectivity index (χ0) is 15.8. The average molecular weight is 290 g/mol. The monoisotopic (exact) mass is 290 g/mol. The third-order valence-electron chi connectivity index (χ3n) is 2.76. The third-order valence-corrected chi connectivity index (χ3v) is 2.76. The normalized spacial score (nSPS) is 16.8. The highest BCUT2D eigenvalue weighted by Crippen LogP contribution is 2.29. The van der Waals surface area contributed by atoms with E-state index in [9.17, 15) is 20.0 Å². The summed E-state index contributed by atoms with van der Waals surface area (Å²) in [6.45, 7) is 5.58. The number of nitrogens with zero attached hydrogens (tertiary/aromatic N) is 2. The van der Waals surface area contributed by atoms with E-state index >= 15 is 0 Å². The Balaban J connectivity index is 2.36. The van der Waals surface area contributed by atoms with Gasteiger partial charge in [-0.05, 0) is 23.8 Å². The van der Waals surface area contributed by atoms with E-state index in [1.165, 1.54) is 18.2 Å². The van der Waals surface area contributed by atoms with Crippen LogP contribution in [0.2, 0.25) is 0 Å². The molecular weight excluding hydrogens is 276 g/mol. The molecule has 1 heterocycles. The third kappa shape index (κ3) is 3.07. The fourth-order valence-corrected chi connectivity index (χ4v) is 1.67. The first-order valence-electron chi connectivity index (χ1n) is 6.19. The first-order valence-corrected chi connectivity index (χ1v) is 6.19. The summed E-state index contributed by atoms with van der Waals surface area (Å²) in [5.41, 5.74) is -0.287. The lowest BCUT2D eigenvalue weighted by molar-refractivity contribution is -0.385. The van der Waals surface area contributed by atoms with Gasteiger partial charge in [-0.3, -0.25) is 10.1 Å². The zero-order valence-electron chi connectivity index (χ0n) is 11.8. The highest BCUT2D eigenvalue weighted by Gasteiger charge is 2.31. The van der Waals surface area contributed by atoms with Crippen molar-refractivity contribution in [1.29, 1.82) is 0 Å². The van der Waals surface area contributed by atoms with E-state index in [0.717, 1.165) is 6.07 Å². The number of nitro groups is 1. The van der Waals surface area contributed by atoms with E-state index in [2.05, 4.69) is 4.99 Å². The van der Waals surface area contributed by atoms with E-state index in [-0.39, 0.29) is 5.70 Å². The molecule has 1 aliphatic heterocycles. The lowest BCUT2D eigenvalue weighted by Crippen LogP contribution is -2.21. The maximum atomic E-state index is 11.7. The number of esters is 1.